The van der Waals surface area contributed by atoms with Crippen LogP contribution in [-0.4, -0.2) is 24.8 Å². The number of nitro benzene ring substituents is 1. The highest BCUT2D eigenvalue weighted by atomic mass is 16.6. The molecule has 31 heavy (non-hydrogen) atoms. The molecule has 0 fully saturated rings. The molecule has 0 saturated carbocycles. The number of rotatable bonds is 20. The molecule has 5 heteroatoms. The number of aliphatic imine (C=N–C) groups is 1. The number of unbranched alkanes of at least 4 members (excludes halogenated alkanes) is 15. The van der Waals surface area contributed by atoms with Gasteiger partial charge in [0.2, 0.25) is 0 Å². The molecule has 0 bridgehead atoms. The highest BCUT2D eigenvalue weighted by Gasteiger charge is 2.12. The molecule has 0 radical (unpaired) electrons. The number of benzene rings is 1. The number of hydrogen-bond acceptors (Lipinski definition) is 4. The molecule has 0 atom stereocenters. The lowest BCUT2D eigenvalue weighted by Gasteiger charge is -2.03. The van der Waals surface area contributed by atoms with Crippen LogP contribution < -0.4 is 4.74 Å². The van der Waals surface area contributed by atoms with Crippen molar-refractivity contribution in [1.29, 1.82) is 0 Å². The fraction of sp³-hybridized carbons (Fsp3) is 0.731. The first kappa shape index (κ1) is 27.1. The highest BCUT2D eigenvalue weighted by molar-refractivity contribution is 5.86. The van der Waals surface area contributed by atoms with Crippen molar-refractivity contribution in [3.05, 3.63) is 33.9 Å². The number of ether oxygens (including phenoxy) is 1. The molecule has 0 aromatic heterocycles. The number of nitro groups is 1. The summed E-state index contributed by atoms with van der Waals surface area (Å²) in [7, 11) is 1.55. The lowest BCUT2D eigenvalue weighted by Crippen LogP contribution is -1.96. The molecular formula is C26H44N2O3. The molecule has 1 rings (SSSR count). The predicted octanol–water partition coefficient (Wildman–Crippen LogP) is 8.28. The topological polar surface area (TPSA) is 64.7 Å². The fourth-order valence-electron chi connectivity index (χ4n) is 3.84. The van der Waals surface area contributed by atoms with Gasteiger partial charge in [-0.15, -0.1) is 0 Å². The van der Waals surface area contributed by atoms with Crippen LogP contribution >= 0.6 is 0 Å². The zero-order chi connectivity index (χ0) is 22.6. The molecule has 0 aliphatic carbocycles. The molecule has 1 aromatic rings. The summed E-state index contributed by atoms with van der Waals surface area (Å²) in [6.45, 7) is 2.99. The quantitative estimate of drug-likeness (QED) is 0.0901. The van der Waals surface area contributed by atoms with Crippen molar-refractivity contribution < 1.29 is 9.66 Å². The van der Waals surface area contributed by atoms with Crippen LogP contribution in [0.3, 0.4) is 0 Å². The Balaban J connectivity index is 1.97. The summed E-state index contributed by atoms with van der Waals surface area (Å²) in [4.78, 5) is 15.1. The van der Waals surface area contributed by atoms with Gasteiger partial charge in [0.15, 0.2) is 0 Å². The van der Waals surface area contributed by atoms with Gasteiger partial charge in [0.25, 0.3) is 5.69 Å². The van der Waals surface area contributed by atoms with E-state index < -0.39 is 0 Å². The second-order valence-electron chi connectivity index (χ2n) is 8.52. The minimum absolute atomic E-state index is 0.0662. The first-order chi connectivity index (χ1) is 15.2. The largest absolute Gasteiger partial charge is 0.497 e. The molecule has 0 spiro atoms. The van der Waals surface area contributed by atoms with Gasteiger partial charge >= 0.3 is 0 Å². The zero-order valence-electron chi connectivity index (χ0n) is 19.9. The van der Waals surface area contributed by atoms with Crippen LogP contribution in [0.1, 0.15) is 115 Å². The van der Waals surface area contributed by atoms with Crippen molar-refractivity contribution in [2.45, 2.75) is 110 Å². The SMILES string of the molecule is CCCCCCCCCCCCCCCCCCN=Cc1cc(OC)ccc1[N+](=O)[O-]. The molecular weight excluding hydrogens is 388 g/mol. The van der Waals surface area contributed by atoms with Gasteiger partial charge < -0.3 is 4.74 Å². The van der Waals surface area contributed by atoms with Crippen LogP contribution in [0, 0.1) is 10.1 Å². The number of nitrogens with zero attached hydrogens (tertiary/aromatic N) is 2. The molecule has 0 aliphatic heterocycles. The summed E-state index contributed by atoms with van der Waals surface area (Å²) in [5, 5.41) is 11.1. The minimum atomic E-state index is -0.380. The van der Waals surface area contributed by atoms with Gasteiger partial charge in [0.1, 0.15) is 5.75 Å². The monoisotopic (exact) mass is 432 g/mol. The van der Waals surface area contributed by atoms with Crippen molar-refractivity contribution in [1.82, 2.24) is 0 Å². The highest BCUT2D eigenvalue weighted by Crippen LogP contribution is 2.22. The first-order valence-corrected chi connectivity index (χ1v) is 12.5. The Morgan fingerprint density at radius 1 is 0.839 bits per heavy atom. The van der Waals surface area contributed by atoms with Gasteiger partial charge in [-0.2, -0.15) is 0 Å². The molecule has 0 aliphatic rings. The minimum Gasteiger partial charge on any atom is -0.497 e. The lowest BCUT2D eigenvalue weighted by atomic mass is 10.0. The molecule has 0 heterocycles. The molecule has 0 amide bonds. The first-order valence-electron chi connectivity index (χ1n) is 12.5. The van der Waals surface area contributed by atoms with E-state index in [-0.39, 0.29) is 10.6 Å². The Kier molecular flexibility index (Phi) is 16.5. The lowest BCUT2D eigenvalue weighted by molar-refractivity contribution is -0.385. The Morgan fingerprint density at radius 3 is 1.77 bits per heavy atom. The van der Waals surface area contributed by atoms with Crippen LogP contribution in [-0.2, 0) is 0 Å². The third-order valence-electron chi connectivity index (χ3n) is 5.80. The van der Waals surface area contributed by atoms with E-state index in [1.54, 1.807) is 25.5 Å². The van der Waals surface area contributed by atoms with E-state index in [9.17, 15) is 10.1 Å². The summed E-state index contributed by atoms with van der Waals surface area (Å²) < 4.78 is 5.15. The zero-order valence-corrected chi connectivity index (χ0v) is 19.9. The Labute approximate surface area is 189 Å². The normalized spacial score (nSPS) is 11.3. The Bertz CT molecular complexity index is 617. The summed E-state index contributed by atoms with van der Waals surface area (Å²) in [5.41, 5.74) is 0.567. The van der Waals surface area contributed by atoms with E-state index in [1.807, 2.05) is 0 Å². The van der Waals surface area contributed by atoms with Gasteiger partial charge in [0.05, 0.1) is 17.6 Å². The number of hydrogen-bond donors (Lipinski definition) is 0. The maximum atomic E-state index is 11.1. The van der Waals surface area contributed by atoms with Crippen molar-refractivity contribution >= 4 is 11.9 Å². The van der Waals surface area contributed by atoms with Gasteiger partial charge in [0, 0.05) is 18.8 Å². The van der Waals surface area contributed by atoms with Crippen molar-refractivity contribution in [3.8, 4) is 5.75 Å². The standard InChI is InChI=1S/C26H44N2O3/c1-3-4-5-6-7-8-9-10-11-12-13-14-15-16-17-18-21-27-23-24-22-25(31-2)19-20-26(24)28(29)30/h19-20,22-23H,3-18,21H2,1-2H3. The molecule has 0 N–H and O–H groups in total. The molecule has 5 nitrogen and oxygen atoms in total. The molecule has 1 aromatic carbocycles. The summed E-state index contributed by atoms with van der Waals surface area (Å²) >= 11 is 0. The predicted molar refractivity (Wildman–Crippen MR) is 132 cm³/mol. The smallest absolute Gasteiger partial charge is 0.278 e. The van der Waals surface area contributed by atoms with Crippen LogP contribution in [0.15, 0.2) is 23.2 Å². The summed E-state index contributed by atoms with van der Waals surface area (Å²) in [5.74, 6) is 0.606. The summed E-state index contributed by atoms with van der Waals surface area (Å²) in [6.07, 6.45) is 23.2. The Morgan fingerprint density at radius 2 is 1.32 bits per heavy atom. The maximum Gasteiger partial charge on any atom is 0.278 e. The maximum absolute atomic E-state index is 11.1. The van der Waals surface area contributed by atoms with Crippen LogP contribution in [0.25, 0.3) is 0 Å². The second kappa shape index (κ2) is 18.8. The van der Waals surface area contributed by atoms with Crippen molar-refractivity contribution in [3.63, 3.8) is 0 Å². The van der Waals surface area contributed by atoms with Gasteiger partial charge in [-0.1, -0.05) is 103 Å². The van der Waals surface area contributed by atoms with Crippen molar-refractivity contribution in [2.24, 2.45) is 4.99 Å². The Hall–Kier alpha value is -1.91. The second-order valence-corrected chi connectivity index (χ2v) is 8.52. The van der Waals surface area contributed by atoms with Gasteiger partial charge in [-0.3, -0.25) is 15.1 Å². The van der Waals surface area contributed by atoms with E-state index in [2.05, 4.69) is 11.9 Å². The molecule has 176 valence electrons. The van der Waals surface area contributed by atoms with E-state index in [0.717, 1.165) is 6.42 Å². The number of methoxy groups -OCH3 is 1. The van der Waals surface area contributed by atoms with E-state index in [4.69, 9.17) is 4.74 Å². The van der Waals surface area contributed by atoms with Gasteiger partial charge in [-0.25, -0.2) is 0 Å². The van der Waals surface area contributed by atoms with Crippen LogP contribution in [0.2, 0.25) is 0 Å². The van der Waals surface area contributed by atoms with Crippen molar-refractivity contribution in [2.75, 3.05) is 13.7 Å². The summed E-state index contributed by atoms with van der Waals surface area (Å²) in [6, 6.07) is 4.73. The fourth-order valence-corrected chi connectivity index (χ4v) is 3.84. The van der Waals surface area contributed by atoms with Crippen LogP contribution in [0.4, 0.5) is 5.69 Å². The third kappa shape index (κ3) is 13.9. The third-order valence-corrected chi connectivity index (χ3v) is 5.80. The average molecular weight is 433 g/mol. The molecule has 0 unspecified atom stereocenters. The average Bonchev–Trinajstić information content (AvgIpc) is 2.78. The molecule has 0 saturated heterocycles. The van der Waals surface area contributed by atoms with Gasteiger partial charge in [-0.05, 0) is 18.6 Å². The van der Waals surface area contributed by atoms with E-state index >= 15 is 0 Å². The van der Waals surface area contributed by atoms with E-state index in [1.165, 1.54) is 102 Å². The van der Waals surface area contributed by atoms with Crippen LogP contribution in [0.5, 0.6) is 5.75 Å². The van der Waals surface area contributed by atoms with E-state index in [0.29, 0.717) is 17.9 Å².